The average Bonchev–Trinajstić information content (AvgIpc) is 2.77. The van der Waals surface area contributed by atoms with Gasteiger partial charge in [0, 0.05) is 30.3 Å². The molecule has 108 valence electrons. The number of halogens is 3. The van der Waals surface area contributed by atoms with Gasteiger partial charge in [0.2, 0.25) is 0 Å². The molecule has 1 fully saturated rings. The highest BCUT2D eigenvalue weighted by molar-refractivity contribution is 5.15. The Kier molecular flexibility index (Phi) is 4.18. The Balaban J connectivity index is 2.01. The number of aryl methyl sites for hydroxylation is 1. The molecule has 1 aromatic heterocycles. The zero-order chi connectivity index (χ0) is 13.9. The van der Waals surface area contributed by atoms with E-state index in [0.29, 0.717) is 6.54 Å². The van der Waals surface area contributed by atoms with Gasteiger partial charge >= 0.3 is 6.18 Å². The van der Waals surface area contributed by atoms with Gasteiger partial charge in [-0.25, -0.2) is 4.98 Å². The summed E-state index contributed by atoms with van der Waals surface area (Å²) in [4.78, 5) is 4.12. The highest BCUT2D eigenvalue weighted by Gasteiger charge is 2.32. The van der Waals surface area contributed by atoms with Crippen molar-refractivity contribution in [2.45, 2.75) is 50.7 Å². The van der Waals surface area contributed by atoms with Crippen LogP contribution in [0.3, 0.4) is 0 Å². The van der Waals surface area contributed by atoms with Crippen molar-refractivity contribution in [2.75, 3.05) is 13.1 Å². The Bertz CT molecular complexity index is 406. The summed E-state index contributed by atoms with van der Waals surface area (Å²) in [5.41, 5.74) is 1.09. The van der Waals surface area contributed by atoms with Gasteiger partial charge in [-0.05, 0) is 32.4 Å². The number of piperidine rings is 1. The third-order valence-corrected chi connectivity index (χ3v) is 3.90. The van der Waals surface area contributed by atoms with Crippen molar-refractivity contribution in [3.63, 3.8) is 0 Å². The van der Waals surface area contributed by atoms with E-state index in [9.17, 15) is 13.2 Å². The van der Waals surface area contributed by atoms with Crippen LogP contribution < -0.4 is 5.32 Å². The first-order valence-electron chi connectivity index (χ1n) is 6.69. The van der Waals surface area contributed by atoms with Gasteiger partial charge in [0.1, 0.15) is 0 Å². The SMILES string of the molecule is CC1(c2cncn2CCCC(F)(F)F)CCNCC1. The molecule has 6 heteroatoms. The Morgan fingerprint density at radius 1 is 1.37 bits per heavy atom. The van der Waals surface area contributed by atoms with Crippen molar-refractivity contribution in [2.24, 2.45) is 0 Å². The fourth-order valence-electron chi connectivity index (χ4n) is 2.69. The van der Waals surface area contributed by atoms with Crippen molar-refractivity contribution in [3.05, 3.63) is 18.2 Å². The number of hydrogen-bond acceptors (Lipinski definition) is 2. The monoisotopic (exact) mass is 275 g/mol. The maximum Gasteiger partial charge on any atom is 0.389 e. The lowest BCUT2D eigenvalue weighted by molar-refractivity contribution is -0.135. The van der Waals surface area contributed by atoms with E-state index in [-0.39, 0.29) is 11.8 Å². The van der Waals surface area contributed by atoms with Crippen LogP contribution >= 0.6 is 0 Å². The van der Waals surface area contributed by atoms with Crippen LogP contribution in [0.25, 0.3) is 0 Å². The molecule has 1 aliphatic rings. The molecular weight excluding hydrogens is 255 g/mol. The Morgan fingerprint density at radius 3 is 2.68 bits per heavy atom. The summed E-state index contributed by atoms with van der Waals surface area (Å²) < 4.78 is 38.4. The lowest BCUT2D eigenvalue weighted by atomic mass is 9.78. The molecular formula is C13H20F3N3. The van der Waals surface area contributed by atoms with Crippen molar-refractivity contribution in [1.29, 1.82) is 0 Å². The lowest BCUT2D eigenvalue weighted by Gasteiger charge is -2.34. The molecule has 0 radical (unpaired) electrons. The molecule has 1 aliphatic heterocycles. The van der Waals surface area contributed by atoms with Gasteiger partial charge in [-0.2, -0.15) is 13.2 Å². The van der Waals surface area contributed by atoms with Crippen molar-refractivity contribution >= 4 is 0 Å². The Hall–Kier alpha value is -1.04. The zero-order valence-electron chi connectivity index (χ0n) is 11.1. The molecule has 19 heavy (non-hydrogen) atoms. The molecule has 2 rings (SSSR count). The number of alkyl halides is 3. The van der Waals surface area contributed by atoms with Crippen LogP contribution in [0.4, 0.5) is 13.2 Å². The van der Waals surface area contributed by atoms with Crippen LogP contribution in [0.5, 0.6) is 0 Å². The van der Waals surface area contributed by atoms with E-state index in [1.165, 1.54) is 0 Å². The predicted octanol–water partition coefficient (Wildman–Crippen LogP) is 2.87. The maximum atomic E-state index is 12.2. The number of nitrogens with zero attached hydrogens (tertiary/aromatic N) is 2. The molecule has 0 aliphatic carbocycles. The van der Waals surface area contributed by atoms with E-state index in [4.69, 9.17) is 0 Å². The highest BCUT2D eigenvalue weighted by Crippen LogP contribution is 2.33. The van der Waals surface area contributed by atoms with Crippen molar-refractivity contribution < 1.29 is 13.2 Å². The topological polar surface area (TPSA) is 29.9 Å². The summed E-state index contributed by atoms with van der Waals surface area (Å²) >= 11 is 0. The Morgan fingerprint density at radius 2 is 2.05 bits per heavy atom. The van der Waals surface area contributed by atoms with E-state index >= 15 is 0 Å². The van der Waals surface area contributed by atoms with Crippen molar-refractivity contribution in [1.82, 2.24) is 14.9 Å². The first kappa shape index (κ1) is 14.4. The third kappa shape index (κ3) is 3.72. The molecule has 2 heterocycles. The fourth-order valence-corrected chi connectivity index (χ4v) is 2.69. The van der Waals surface area contributed by atoms with Gasteiger partial charge < -0.3 is 9.88 Å². The van der Waals surface area contributed by atoms with Crippen molar-refractivity contribution in [3.8, 4) is 0 Å². The first-order chi connectivity index (χ1) is 8.91. The molecule has 0 atom stereocenters. The van der Waals surface area contributed by atoms with Gasteiger partial charge in [-0.3, -0.25) is 0 Å². The third-order valence-electron chi connectivity index (χ3n) is 3.90. The molecule has 3 nitrogen and oxygen atoms in total. The standard InChI is InChI=1S/C13H20F3N3/c1-12(4-6-17-7-5-12)11-9-18-10-19(11)8-2-3-13(14,15)16/h9-10,17H,2-8H2,1H3. The van der Waals surface area contributed by atoms with Gasteiger partial charge in [0.25, 0.3) is 0 Å². The smallest absolute Gasteiger partial charge is 0.334 e. The predicted molar refractivity (Wildman–Crippen MR) is 67.0 cm³/mol. The van der Waals surface area contributed by atoms with Gasteiger partial charge in [-0.1, -0.05) is 6.92 Å². The average molecular weight is 275 g/mol. The molecule has 1 saturated heterocycles. The lowest BCUT2D eigenvalue weighted by Crippen LogP contribution is -2.39. The van der Waals surface area contributed by atoms with E-state index in [1.807, 2.05) is 4.57 Å². The molecule has 0 aromatic carbocycles. The molecule has 0 saturated carbocycles. The zero-order valence-corrected chi connectivity index (χ0v) is 11.1. The van der Waals surface area contributed by atoms with Crippen LogP contribution in [0.1, 0.15) is 38.3 Å². The summed E-state index contributed by atoms with van der Waals surface area (Å²) in [6, 6.07) is 0. The van der Waals surface area contributed by atoms with Crippen LogP contribution in [-0.2, 0) is 12.0 Å². The minimum absolute atomic E-state index is 0.0278. The largest absolute Gasteiger partial charge is 0.389 e. The Labute approximate surface area is 111 Å². The molecule has 1 N–H and O–H groups in total. The van der Waals surface area contributed by atoms with Gasteiger partial charge in [-0.15, -0.1) is 0 Å². The fraction of sp³-hybridized carbons (Fsp3) is 0.769. The normalized spacial score (nSPS) is 19.6. The highest BCUT2D eigenvalue weighted by atomic mass is 19.4. The number of hydrogen-bond donors (Lipinski definition) is 1. The number of rotatable bonds is 4. The second-order valence-corrected chi connectivity index (χ2v) is 5.50. The van der Waals surface area contributed by atoms with E-state index in [1.54, 1.807) is 12.5 Å². The first-order valence-corrected chi connectivity index (χ1v) is 6.69. The summed E-state index contributed by atoms with van der Waals surface area (Å²) in [5.74, 6) is 0. The number of nitrogens with one attached hydrogen (secondary N) is 1. The van der Waals surface area contributed by atoms with E-state index < -0.39 is 12.6 Å². The van der Waals surface area contributed by atoms with E-state index in [2.05, 4.69) is 17.2 Å². The summed E-state index contributed by atoms with van der Waals surface area (Å²) in [5, 5.41) is 3.31. The molecule has 0 spiro atoms. The summed E-state index contributed by atoms with van der Waals surface area (Å²) in [7, 11) is 0. The summed E-state index contributed by atoms with van der Waals surface area (Å²) in [6.07, 6.45) is 0.761. The molecule has 0 amide bonds. The van der Waals surface area contributed by atoms with Crippen LogP contribution in [0.2, 0.25) is 0 Å². The number of aromatic nitrogens is 2. The van der Waals surface area contributed by atoms with Crippen LogP contribution in [0, 0.1) is 0 Å². The molecule has 0 unspecified atom stereocenters. The summed E-state index contributed by atoms with van der Waals surface area (Å²) in [6.45, 7) is 4.46. The minimum Gasteiger partial charge on any atom is -0.334 e. The second-order valence-electron chi connectivity index (χ2n) is 5.50. The van der Waals surface area contributed by atoms with E-state index in [0.717, 1.165) is 31.6 Å². The minimum atomic E-state index is -4.07. The van der Waals surface area contributed by atoms with Gasteiger partial charge in [0.05, 0.1) is 6.33 Å². The second kappa shape index (κ2) is 5.53. The maximum absolute atomic E-state index is 12.2. The quantitative estimate of drug-likeness (QED) is 0.915. The number of imidazole rings is 1. The van der Waals surface area contributed by atoms with Crippen LogP contribution in [-0.4, -0.2) is 28.8 Å². The van der Waals surface area contributed by atoms with Gasteiger partial charge in [0.15, 0.2) is 0 Å². The molecule has 1 aromatic rings. The molecule has 0 bridgehead atoms. The van der Waals surface area contributed by atoms with Crippen LogP contribution in [0.15, 0.2) is 12.5 Å².